The van der Waals surface area contributed by atoms with E-state index >= 15 is 0 Å². The molecule has 0 radical (unpaired) electrons. The van der Waals surface area contributed by atoms with Gasteiger partial charge < -0.3 is 4.74 Å². The number of ether oxygens (including phenoxy) is 1. The van der Waals surface area contributed by atoms with Crippen LogP contribution in [-0.2, 0) is 9.53 Å². The van der Waals surface area contributed by atoms with E-state index in [9.17, 15) is 9.59 Å². The molecule has 0 spiro atoms. The lowest BCUT2D eigenvalue weighted by Gasteiger charge is -2.37. The number of carbonyl (C=O) groups excluding carboxylic acids is 2. The number of hydrazine groups is 1. The van der Waals surface area contributed by atoms with Crippen molar-refractivity contribution >= 4 is 33.6 Å². The minimum absolute atomic E-state index is 0.0621. The van der Waals surface area contributed by atoms with E-state index in [0.29, 0.717) is 5.69 Å². The molecule has 1 aliphatic heterocycles. The van der Waals surface area contributed by atoms with Crippen LogP contribution >= 0.6 is 15.9 Å². The van der Waals surface area contributed by atoms with Gasteiger partial charge in [-0.05, 0) is 70.2 Å². The summed E-state index contributed by atoms with van der Waals surface area (Å²) >= 11 is 3.37. The van der Waals surface area contributed by atoms with Crippen molar-refractivity contribution in [3.63, 3.8) is 0 Å². The summed E-state index contributed by atoms with van der Waals surface area (Å²) in [6.45, 7) is 5.48. The Balaban J connectivity index is 1.82. The highest BCUT2D eigenvalue weighted by atomic mass is 79.9. The van der Waals surface area contributed by atoms with Crippen LogP contribution in [-0.4, -0.2) is 34.6 Å². The summed E-state index contributed by atoms with van der Waals surface area (Å²) in [6.07, 6.45) is 2.26. The highest BCUT2D eigenvalue weighted by Crippen LogP contribution is 2.43. The molecule has 2 bridgehead atoms. The van der Waals surface area contributed by atoms with Crippen molar-refractivity contribution < 1.29 is 14.3 Å². The second-order valence-electron chi connectivity index (χ2n) is 7.74. The zero-order chi connectivity index (χ0) is 18.4. The number of hydrogen-bond donors (Lipinski definition) is 1. The Morgan fingerprint density at radius 2 is 1.88 bits per heavy atom. The molecule has 3 rings (SSSR count). The van der Waals surface area contributed by atoms with Crippen molar-refractivity contribution in [2.24, 2.45) is 11.8 Å². The van der Waals surface area contributed by atoms with E-state index in [2.05, 4.69) is 15.9 Å². The molecule has 1 aromatic rings. The first-order valence-electron chi connectivity index (χ1n) is 8.53. The van der Waals surface area contributed by atoms with Gasteiger partial charge in [-0.25, -0.2) is 15.6 Å². The van der Waals surface area contributed by atoms with E-state index in [1.54, 1.807) is 17.0 Å². The topological polar surface area (TPSA) is 75.9 Å². The fraction of sp³-hybridized carbons (Fsp3) is 0.556. The number of amides is 2. The van der Waals surface area contributed by atoms with Crippen LogP contribution in [0.5, 0.6) is 0 Å². The van der Waals surface area contributed by atoms with Gasteiger partial charge in [0.25, 0.3) is 5.91 Å². The molecule has 0 aromatic heterocycles. The van der Waals surface area contributed by atoms with Gasteiger partial charge in [-0.2, -0.15) is 0 Å². The van der Waals surface area contributed by atoms with Crippen LogP contribution in [0.15, 0.2) is 28.7 Å². The van der Waals surface area contributed by atoms with Crippen molar-refractivity contribution in [1.82, 2.24) is 4.90 Å². The number of halogens is 1. The number of nitrogens with two attached hydrogens (primary N) is 1. The molecule has 136 valence electrons. The number of hydrogen-bond acceptors (Lipinski definition) is 4. The van der Waals surface area contributed by atoms with Crippen molar-refractivity contribution in [2.45, 2.75) is 57.7 Å². The Morgan fingerprint density at radius 3 is 2.48 bits per heavy atom. The molecule has 25 heavy (non-hydrogen) atoms. The average molecular weight is 410 g/mol. The molecule has 0 unspecified atom stereocenters. The van der Waals surface area contributed by atoms with Gasteiger partial charge in [0.05, 0.1) is 5.69 Å². The lowest BCUT2D eigenvalue weighted by molar-refractivity contribution is -0.125. The summed E-state index contributed by atoms with van der Waals surface area (Å²) in [5.74, 6) is 5.96. The number of anilines is 1. The number of rotatable bonds is 2. The van der Waals surface area contributed by atoms with Gasteiger partial charge in [-0.15, -0.1) is 0 Å². The third-order valence-electron chi connectivity index (χ3n) is 4.78. The Labute approximate surface area is 156 Å². The van der Waals surface area contributed by atoms with Crippen LogP contribution in [0, 0.1) is 5.92 Å². The van der Waals surface area contributed by atoms with Crippen LogP contribution in [0.25, 0.3) is 0 Å². The first kappa shape index (κ1) is 18.2. The Hall–Kier alpha value is -1.60. The predicted octanol–water partition coefficient (Wildman–Crippen LogP) is 3.44. The molecule has 2 N–H and O–H groups in total. The maximum atomic E-state index is 13.0. The number of piperidine rings is 1. The first-order chi connectivity index (χ1) is 11.7. The van der Waals surface area contributed by atoms with E-state index in [1.165, 1.54) is 0 Å². The molecule has 3 atom stereocenters. The van der Waals surface area contributed by atoms with E-state index in [0.717, 1.165) is 28.7 Å². The van der Waals surface area contributed by atoms with Gasteiger partial charge in [0.15, 0.2) is 0 Å². The third kappa shape index (κ3) is 3.67. The SMILES string of the molecule is CC(C)(C)OC(=O)N1[C@@H]2CC[C@@H](C2)[C@H]1C(=O)N(N)c1ccc(Br)cc1. The monoisotopic (exact) mass is 409 g/mol. The van der Waals surface area contributed by atoms with E-state index in [1.807, 2.05) is 32.9 Å². The molecule has 1 saturated heterocycles. The van der Waals surface area contributed by atoms with Gasteiger partial charge >= 0.3 is 6.09 Å². The number of nitrogens with zero attached hydrogens (tertiary/aromatic N) is 2. The predicted molar refractivity (Wildman–Crippen MR) is 98.8 cm³/mol. The molecule has 2 amide bonds. The Bertz CT molecular complexity index is 671. The molecular formula is C18H24BrN3O3. The summed E-state index contributed by atoms with van der Waals surface area (Å²) in [6, 6.07) is 6.71. The van der Waals surface area contributed by atoms with Crippen molar-refractivity contribution in [1.29, 1.82) is 0 Å². The molecule has 2 aliphatic rings. The fourth-order valence-corrected chi connectivity index (χ4v) is 4.02. The van der Waals surface area contributed by atoms with E-state index in [4.69, 9.17) is 10.6 Å². The quantitative estimate of drug-likeness (QED) is 0.461. The summed E-state index contributed by atoms with van der Waals surface area (Å²) in [4.78, 5) is 27.3. The van der Waals surface area contributed by atoms with Crippen LogP contribution < -0.4 is 10.9 Å². The van der Waals surface area contributed by atoms with Crippen LogP contribution in [0.1, 0.15) is 40.0 Å². The number of fused-ring (bicyclic) bond motifs is 2. The smallest absolute Gasteiger partial charge is 0.411 e. The fourth-order valence-electron chi connectivity index (χ4n) is 3.75. The highest BCUT2D eigenvalue weighted by molar-refractivity contribution is 9.10. The standard InChI is InChI=1S/C18H24BrN3O3/c1-18(2,3)25-17(24)21-14-7-4-11(10-14)15(21)16(23)22(20)13-8-5-12(19)6-9-13/h5-6,8-9,11,14-15H,4,7,10,20H2,1-3H3/t11-,14+,15-/m0/s1. The van der Waals surface area contributed by atoms with Gasteiger partial charge in [0.2, 0.25) is 0 Å². The van der Waals surface area contributed by atoms with Crippen molar-refractivity contribution in [3.05, 3.63) is 28.7 Å². The Kier molecular flexibility index (Phi) is 4.81. The maximum absolute atomic E-state index is 13.0. The number of likely N-dealkylation sites (tertiary alicyclic amines) is 1. The number of benzene rings is 1. The minimum atomic E-state index is -0.597. The molecule has 1 aromatic carbocycles. The summed E-state index contributed by atoms with van der Waals surface area (Å²) < 4.78 is 6.43. The third-order valence-corrected chi connectivity index (χ3v) is 5.31. The van der Waals surface area contributed by atoms with Crippen LogP contribution in [0.3, 0.4) is 0 Å². The largest absolute Gasteiger partial charge is 0.444 e. The second-order valence-corrected chi connectivity index (χ2v) is 8.66. The summed E-state index contributed by atoms with van der Waals surface area (Å²) in [5.41, 5.74) is 0.000722. The minimum Gasteiger partial charge on any atom is -0.444 e. The normalized spacial score (nSPS) is 25.2. The van der Waals surface area contributed by atoms with E-state index in [-0.39, 0.29) is 17.9 Å². The molecular weight excluding hydrogens is 386 g/mol. The van der Waals surface area contributed by atoms with Crippen LogP contribution in [0.2, 0.25) is 0 Å². The first-order valence-corrected chi connectivity index (χ1v) is 9.32. The molecule has 1 saturated carbocycles. The van der Waals surface area contributed by atoms with Gasteiger partial charge in [0, 0.05) is 10.5 Å². The van der Waals surface area contributed by atoms with Gasteiger partial charge in [0.1, 0.15) is 11.6 Å². The average Bonchev–Trinajstić information content (AvgIpc) is 3.13. The molecule has 7 heteroatoms. The lowest BCUT2D eigenvalue weighted by atomic mass is 9.97. The molecule has 1 aliphatic carbocycles. The van der Waals surface area contributed by atoms with Gasteiger partial charge in [-0.1, -0.05) is 15.9 Å². The Morgan fingerprint density at radius 1 is 1.24 bits per heavy atom. The number of carbonyl (C=O) groups is 2. The lowest BCUT2D eigenvalue weighted by Crippen LogP contribution is -2.56. The molecule has 1 heterocycles. The summed E-state index contributed by atoms with van der Waals surface area (Å²) in [5, 5.41) is 1.15. The zero-order valence-electron chi connectivity index (χ0n) is 14.7. The molecule has 2 fully saturated rings. The maximum Gasteiger partial charge on any atom is 0.411 e. The van der Waals surface area contributed by atoms with Crippen LogP contribution in [0.4, 0.5) is 10.5 Å². The van der Waals surface area contributed by atoms with Crippen molar-refractivity contribution in [2.75, 3.05) is 5.01 Å². The zero-order valence-corrected chi connectivity index (χ0v) is 16.3. The second kappa shape index (κ2) is 6.61. The van der Waals surface area contributed by atoms with E-state index < -0.39 is 17.7 Å². The van der Waals surface area contributed by atoms with Gasteiger partial charge in [-0.3, -0.25) is 9.69 Å². The van der Waals surface area contributed by atoms with Crippen molar-refractivity contribution in [3.8, 4) is 0 Å². The highest BCUT2D eigenvalue weighted by Gasteiger charge is 2.53. The molecule has 6 nitrogen and oxygen atoms in total. The summed E-state index contributed by atoms with van der Waals surface area (Å²) in [7, 11) is 0.